The summed E-state index contributed by atoms with van der Waals surface area (Å²) < 4.78 is 34.9. The van der Waals surface area contributed by atoms with Crippen LogP contribution in [0.3, 0.4) is 0 Å². The van der Waals surface area contributed by atoms with Crippen LogP contribution in [0.15, 0.2) is 48.6 Å². The van der Waals surface area contributed by atoms with E-state index in [2.05, 4.69) is 62.5 Å². The first-order valence-electron chi connectivity index (χ1n) is 21.9. The Balaban J connectivity index is 4.34. The summed E-state index contributed by atoms with van der Waals surface area (Å²) in [5.41, 5.74) is 0. The molecule has 0 aliphatic carbocycles. The van der Waals surface area contributed by atoms with Gasteiger partial charge in [0.05, 0.1) is 34.4 Å². The lowest BCUT2D eigenvalue weighted by Crippen LogP contribution is -2.37. The maximum Gasteiger partial charge on any atom is 0.472 e. The zero-order valence-electron chi connectivity index (χ0n) is 35.7. The highest BCUT2D eigenvalue weighted by Gasteiger charge is 2.26. The minimum Gasteiger partial charge on any atom is -0.457 e. The molecule has 0 radical (unpaired) electrons. The smallest absolute Gasteiger partial charge is 0.457 e. The fourth-order valence-corrected chi connectivity index (χ4v) is 6.46. The molecule has 0 saturated carbocycles. The number of phosphoric ester groups is 1. The lowest BCUT2D eigenvalue weighted by molar-refractivity contribution is -0.870. The van der Waals surface area contributed by atoms with Crippen molar-refractivity contribution in [2.75, 3.05) is 54.1 Å². The quantitative estimate of drug-likeness (QED) is 0.0218. The lowest BCUT2D eigenvalue weighted by atomic mass is 10.0. The summed E-state index contributed by atoms with van der Waals surface area (Å²) in [5.74, 6) is -0.367. The summed E-state index contributed by atoms with van der Waals surface area (Å²) in [4.78, 5) is 22.8. The van der Waals surface area contributed by atoms with E-state index >= 15 is 0 Å². The number of allylic oxidation sites excluding steroid dienone is 8. The standard InChI is InChI=1S/C45H84NO7P/c1-6-8-10-12-14-16-18-20-22-23-24-26-28-30-32-34-36-38-45(47)53-44(43-52-54(48,49)51-41-39-46(3,4)5)42-50-40-37-35-33-31-29-27-25-21-19-17-15-13-11-9-7-2/h14,16,20,22,24,26,30,32,44H,6-13,15,17-19,21,23,25,27-29,31,33-43H2,1-5H3/p+1/b16-14-,22-20-,26-24-,32-30-/t44-/m1/s1. The number of ether oxygens (including phenoxy) is 2. The van der Waals surface area contributed by atoms with Crippen molar-refractivity contribution in [3.8, 4) is 0 Å². The molecule has 1 N–H and O–H groups in total. The van der Waals surface area contributed by atoms with Gasteiger partial charge in [-0.2, -0.15) is 0 Å². The molecule has 0 bridgehead atoms. The third-order valence-electron chi connectivity index (χ3n) is 9.14. The van der Waals surface area contributed by atoms with Crippen LogP contribution in [0.5, 0.6) is 0 Å². The van der Waals surface area contributed by atoms with Crippen LogP contribution >= 0.6 is 7.82 Å². The van der Waals surface area contributed by atoms with E-state index in [1.807, 2.05) is 21.1 Å². The van der Waals surface area contributed by atoms with Crippen molar-refractivity contribution >= 4 is 13.8 Å². The van der Waals surface area contributed by atoms with Crippen molar-refractivity contribution in [3.05, 3.63) is 48.6 Å². The molecule has 0 aliphatic rings. The molecule has 1 unspecified atom stereocenters. The number of hydrogen-bond donors (Lipinski definition) is 1. The fraction of sp³-hybridized carbons (Fsp3) is 0.800. The molecule has 8 nitrogen and oxygen atoms in total. The second-order valence-electron chi connectivity index (χ2n) is 15.7. The Kier molecular flexibility index (Phi) is 37.2. The Morgan fingerprint density at radius 3 is 1.52 bits per heavy atom. The van der Waals surface area contributed by atoms with Crippen molar-refractivity contribution in [1.82, 2.24) is 0 Å². The first kappa shape index (κ1) is 52.5. The van der Waals surface area contributed by atoms with Crippen molar-refractivity contribution in [3.63, 3.8) is 0 Å². The second-order valence-corrected chi connectivity index (χ2v) is 17.2. The Bertz CT molecular complexity index is 1000. The third-order valence-corrected chi connectivity index (χ3v) is 10.1. The number of phosphoric acid groups is 1. The fourth-order valence-electron chi connectivity index (χ4n) is 5.72. The van der Waals surface area contributed by atoms with Gasteiger partial charge in [0.2, 0.25) is 0 Å². The second kappa shape index (κ2) is 38.3. The summed E-state index contributed by atoms with van der Waals surface area (Å²) in [6, 6.07) is 0. The average Bonchev–Trinajstić information content (AvgIpc) is 3.12. The first-order chi connectivity index (χ1) is 26.1. The molecule has 0 aromatic rings. The van der Waals surface area contributed by atoms with Crippen molar-refractivity contribution in [2.45, 2.75) is 180 Å². The topological polar surface area (TPSA) is 91.3 Å². The molecule has 0 saturated heterocycles. The molecule has 54 heavy (non-hydrogen) atoms. The Labute approximate surface area is 333 Å². The third kappa shape index (κ3) is 41.6. The Hall–Kier alpha value is -1.54. The van der Waals surface area contributed by atoms with Gasteiger partial charge in [-0.3, -0.25) is 13.8 Å². The predicted molar refractivity (Wildman–Crippen MR) is 229 cm³/mol. The molecule has 0 amide bonds. The van der Waals surface area contributed by atoms with Crippen molar-refractivity contribution in [2.24, 2.45) is 0 Å². The van der Waals surface area contributed by atoms with Crippen LogP contribution in [-0.4, -0.2) is 75.6 Å². The minimum atomic E-state index is -4.29. The molecule has 0 spiro atoms. The van der Waals surface area contributed by atoms with E-state index in [0.29, 0.717) is 24.1 Å². The molecular formula is C45H85NO7P+. The normalized spacial score (nSPS) is 14.3. The van der Waals surface area contributed by atoms with Crippen molar-refractivity contribution < 1.29 is 37.3 Å². The molecule has 2 atom stereocenters. The van der Waals surface area contributed by atoms with Gasteiger partial charge in [0.15, 0.2) is 0 Å². The zero-order chi connectivity index (χ0) is 39.9. The van der Waals surface area contributed by atoms with E-state index < -0.39 is 13.9 Å². The molecule has 0 heterocycles. The molecule has 0 aromatic heterocycles. The van der Waals surface area contributed by atoms with Gasteiger partial charge < -0.3 is 18.9 Å². The number of hydrogen-bond acceptors (Lipinski definition) is 6. The number of nitrogens with zero attached hydrogens (tertiary/aromatic N) is 1. The molecule has 0 aromatic carbocycles. The van der Waals surface area contributed by atoms with Gasteiger partial charge in [0, 0.05) is 13.0 Å². The van der Waals surface area contributed by atoms with Gasteiger partial charge in [-0.1, -0.05) is 165 Å². The number of carbonyl (C=O) groups is 1. The Morgan fingerprint density at radius 1 is 0.574 bits per heavy atom. The average molecular weight is 783 g/mol. The summed E-state index contributed by atoms with van der Waals surface area (Å²) >= 11 is 0. The largest absolute Gasteiger partial charge is 0.472 e. The van der Waals surface area contributed by atoms with E-state index in [9.17, 15) is 14.3 Å². The van der Waals surface area contributed by atoms with Crippen LogP contribution in [0.2, 0.25) is 0 Å². The monoisotopic (exact) mass is 783 g/mol. The number of unbranched alkanes of at least 4 members (excludes halogenated alkanes) is 18. The van der Waals surface area contributed by atoms with Gasteiger partial charge in [0.1, 0.15) is 19.3 Å². The van der Waals surface area contributed by atoms with E-state index in [-0.39, 0.29) is 32.2 Å². The number of esters is 1. The summed E-state index contributed by atoms with van der Waals surface area (Å²) in [6.07, 6.45) is 45.8. The SMILES string of the molecule is CCCCC/C=C\C/C=C\C/C=C\C/C=C\CCCC(=O)O[C@H](COCCCCCCCCCCCCCCCCC)COP(=O)(O)OCC[N+](C)(C)C. The Morgan fingerprint density at radius 2 is 1.02 bits per heavy atom. The summed E-state index contributed by atoms with van der Waals surface area (Å²) in [5, 5.41) is 0. The van der Waals surface area contributed by atoms with Crippen LogP contribution in [0, 0.1) is 0 Å². The van der Waals surface area contributed by atoms with Crippen molar-refractivity contribution in [1.29, 1.82) is 0 Å². The van der Waals surface area contributed by atoms with Gasteiger partial charge in [-0.05, 0) is 51.4 Å². The maximum absolute atomic E-state index is 12.7. The number of rotatable bonds is 40. The highest BCUT2D eigenvalue weighted by molar-refractivity contribution is 7.47. The van der Waals surface area contributed by atoms with E-state index in [4.69, 9.17) is 18.5 Å². The van der Waals surface area contributed by atoms with Crippen LogP contribution in [0.4, 0.5) is 0 Å². The number of carbonyl (C=O) groups excluding carboxylic acids is 1. The number of quaternary nitrogens is 1. The highest BCUT2D eigenvalue weighted by Crippen LogP contribution is 2.43. The molecule has 9 heteroatoms. The minimum absolute atomic E-state index is 0.0783. The molecule has 0 fully saturated rings. The van der Waals surface area contributed by atoms with Gasteiger partial charge in [0.25, 0.3) is 0 Å². The molecule has 316 valence electrons. The lowest BCUT2D eigenvalue weighted by Gasteiger charge is -2.24. The highest BCUT2D eigenvalue weighted by atomic mass is 31.2. The molecular weight excluding hydrogens is 697 g/mol. The summed E-state index contributed by atoms with van der Waals surface area (Å²) in [6.45, 7) is 5.53. The van der Waals surface area contributed by atoms with E-state index in [0.717, 1.165) is 38.5 Å². The van der Waals surface area contributed by atoms with Crippen LogP contribution < -0.4 is 0 Å². The van der Waals surface area contributed by atoms with Gasteiger partial charge in [-0.15, -0.1) is 0 Å². The first-order valence-corrected chi connectivity index (χ1v) is 23.4. The van der Waals surface area contributed by atoms with Gasteiger partial charge >= 0.3 is 13.8 Å². The number of likely N-dealkylation sites (N-methyl/N-ethyl adjacent to an activating group) is 1. The van der Waals surface area contributed by atoms with Crippen LogP contribution in [0.1, 0.15) is 174 Å². The predicted octanol–water partition coefficient (Wildman–Crippen LogP) is 12.8. The van der Waals surface area contributed by atoms with Gasteiger partial charge in [-0.25, -0.2) is 4.57 Å². The van der Waals surface area contributed by atoms with E-state index in [1.165, 1.54) is 109 Å². The van der Waals surface area contributed by atoms with E-state index in [1.54, 1.807) is 0 Å². The molecule has 0 rings (SSSR count). The zero-order valence-corrected chi connectivity index (χ0v) is 36.6. The summed E-state index contributed by atoms with van der Waals surface area (Å²) in [7, 11) is 1.63. The van der Waals surface area contributed by atoms with Crippen LogP contribution in [0.25, 0.3) is 0 Å². The van der Waals surface area contributed by atoms with Crippen LogP contribution in [-0.2, 0) is 27.9 Å². The molecule has 0 aliphatic heterocycles. The maximum atomic E-state index is 12.7.